The van der Waals surface area contributed by atoms with Gasteiger partial charge < -0.3 is 19.5 Å². The third-order valence-corrected chi connectivity index (χ3v) is 5.20. The molecule has 0 saturated carbocycles. The van der Waals surface area contributed by atoms with Crippen molar-refractivity contribution in [2.75, 3.05) is 13.1 Å². The highest BCUT2D eigenvalue weighted by Crippen LogP contribution is 2.51. The first kappa shape index (κ1) is 17.0. The van der Waals surface area contributed by atoms with Crippen LogP contribution in [-0.4, -0.2) is 41.6 Å². The van der Waals surface area contributed by atoms with Crippen molar-refractivity contribution in [1.29, 1.82) is 0 Å². The summed E-state index contributed by atoms with van der Waals surface area (Å²) in [4.78, 5) is 25.8. The summed E-state index contributed by atoms with van der Waals surface area (Å²) < 4.78 is 5.83. The standard InChI is InChI=1S/C19H25NO4/c1-12(2)5-4-6-13(3)8-10-20-11-19-9-7-14(24-19)15(18(22)23)16(19)17(20)21/h5,7-9,14-16H,4,6,10-11H2,1-3H3,(H,22,23)/p-1/t14-,15+,16+,19+/m0/s1. The number of carboxylic acids is 1. The molecule has 2 fully saturated rings. The summed E-state index contributed by atoms with van der Waals surface area (Å²) in [6.07, 6.45) is 9.31. The van der Waals surface area contributed by atoms with Crippen molar-refractivity contribution in [3.8, 4) is 0 Å². The van der Waals surface area contributed by atoms with Gasteiger partial charge in [0.1, 0.15) is 5.60 Å². The van der Waals surface area contributed by atoms with Crippen LogP contribution in [-0.2, 0) is 14.3 Å². The second kappa shape index (κ2) is 6.20. The quantitative estimate of drug-likeness (QED) is 0.687. The molecule has 5 nitrogen and oxygen atoms in total. The zero-order valence-corrected chi connectivity index (χ0v) is 14.5. The van der Waals surface area contributed by atoms with Gasteiger partial charge >= 0.3 is 0 Å². The van der Waals surface area contributed by atoms with Gasteiger partial charge in [-0.3, -0.25) is 4.79 Å². The number of aliphatic carboxylic acids is 1. The Morgan fingerprint density at radius 2 is 2.17 bits per heavy atom. The first-order valence-corrected chi connectivity index (χ1v) is 8.50. The first-order chi connectivity index (χ1) is 11.3. The van der Waals surface area contributed by atoms with E-state index in [0.29, 0.717) is 13.1 Å². The normalized spacial score (nSPS) is 34.0. The molecule has 3 aliphatic heterocycles. The number of hydrogen-bond donors (Lipinski definition) is 0. The zero-order valence-electron chi connectivity index (χ0n) is 14.5. The number of carboxylic acid groups (broad SMARTS) is 1. The monoisotopic (exact) mass is 330 g/mol. The molecule has 2 bridgehead atoms. The van der Waals surface area contributed by atoms with E-state index in [0.717, 1.165) is 12.8 Å². The lowest BCUT2D eigenvalue weighted by Crippen LogP contribution is -2.45. The molecule has 1 spiro atoms. The molecular weight excluding hydrogens is 306 g/mol. The van der Waals surface area contributed by atoms with Crippen LogP contribution >= 0.6 is 0 Å². The highest BCUT2D eigenvalue weighted by atomic mass is 16.5. The molecule has 5 heteroatoms. The van der Waals surface area contributed by atoms with E-state index in [9.17, 15) is 14.7 Å². The smallest absolute Gasteiger partial charge is 0.230 e. The van der Waals surface area contributed by atoms with Crippen LogP contribution < -0.4 is 5.11 Å². The molecule has 0 N–H and O–H groups in total. The zero-order chi connectivity index (χ0) is 17.5. The maximum absolute atomic E-state index is 12.7. The molecule has 3 aliphatic rings. The van der Waals surface area contributed by atoms with Gasteiger partial charge in [0.15, 0.2) is 0 Å². The largest absolute Gasteiger partial charge is 0.550 e. The van der Waals surface area contributed by atoms with Crippen LogP contribution in [0.25, 0.3) is 0 Å². The number of rotatable bonds is 6. The number of likely N-dealkylation sites (tertiary alicyclic amines) is 1. The fourth-order valence-electron chi connectivity index (χ4n) is 3.96. The molecule has 2 saturated heterocycles. The summed E-state index contributed by atoms with van der Waals surface area (Å²) in [5.74, 6) is -2.84. The van der Waals surface area contributed by atoms with Gasteiger partial charge in [0.25, 0.3) is 0 Å². The van der Waals surface area contributed by atoms with E-state index in [1.54, 1.807) is 11.0 Å². The minimum Gasteiger partial charge on any atom is -0.550 e. The van der Waals surface area contributed by atoms with Crippen LogP contribution in [0.3, 0.4) is 0 Å². The van der Waals surface area contributed by atoms with Crippen molar-refractivity contribution in [2.45, 2.75) is 45.3 Å². The minimum atomic E-state index is -1.19. The predicted octanol–water partition coefficient (Wildman–Crippen LogP) is 1.21. The van der Waals surface area contributed by atoms with Gasteiger partial charge in [0.05, 0.1) is 18.6 Å². The molecule has 0 aromatic rings. The number of hydrogen-bond acceptors (Lipinski definition) is 4. The van der Waals surface area contributed by atoms with E-state index in [1.165, 1.54) is 11.1 Å². The number of allylic oxidation sites excluding steroid dienone is 3. The number of carbonyl (C=O) groups excluding carboxylic acids is 2. The van der Waals surface area contributed by atoms with Gasteiger partial charge in [-0.2, -0.15) is 0 Å². The highest BCUT2D eigenvalue weighted by Gasteiger charge is 2.65. The first-order valence-electron chi connectivity index (χ1n) is 8.50. The molecule has 0 radical (unpaired) electrons. The van der Waals surface area contributed by atoms with E-state index in [-0.39, 0.29) is 5.91 Å². The van der Waals surface area contributed by atoms with Gasteiger partial charge in [-0.1, -0.05) is 35.5 Å². The van der Waals surface area contributed by atoms with Crippen LogP contribution in [0.15, 0.2) is 35.5 Å². The van der Waals surface area contributed by atoms with Gasteiger partial charge in [-0.25, -0.2) is 0 Å². The molecule has 3 heterocycles. The van der Waals surface area contributed by atoms with Gasteiger partial charge in [0.2, 0.25) is 5.91 Å². The van der Waals surface area contributed by atoms with Crippen molar-refractivity contribution < 1.29 is 19.4 Å². The minimum absolute atomic E-state index is 0.135. The highest BCUT2D eigenvalue weighted by molar-refractivity contribution is 5.90. The van der Waals surface area contributed by atoms with Crippen molar-refractivity contribution in [3.63, 3.8) is 0 Å². The van der Waals surface area contributed by atoms with Crippen molar-refractivity contribution in [3.05, 3.63) is 35.5 Å². The molecule has 0 aromatic heterocycles. The topological polar surface area (TPSA) is 69.7 Å². The van der Waals surface area contributed by atoms with Gasteiger partial charge in [-0.05, 0) is 33.6 Å². The fourth-order valence-corrected chi connectivity index (χ4v) is 3.96. The van der Waals surface area contributed by atoms with E-state index in [4.69, 9.17) is 4.74 Å². The fraction of sp³-hybridized carbons (Fsp3) is 0.579. The molecule has 130 valence electrons. The van der Waals surface area contributed by atoms with Crippen LogP contribution in [0.1, 0.15) is 33.6 Å². The summed E-state index contributed by atoms with van der Waals surface area (Å²) in [6, 6.07) is 0. The Bertz CT molecular complexity index is 644. The number of nitrogens with zero attached hydrogens (tertiary/aromatic N) is 1. The van der Waals surface area contributed by atoms with Crippen molar-refractivity contribution >= 4 is 11.9 Å². The Kier molecular flexibility index (Phi) is 4.38. The number of ether oxygens (including phenoxy) is 1. The average molecular weight is 330 g/mol. The molecule has 1 amide bonds. The predicted molar refractivity (Wildman–Crippen MR) is 87.7 cm³/mol. The lowest BCUT2D eigenvalue weighted by Gasteiger charge is -2.24. The lowest BCUT2D eigenvalue weighted by atomic mass is 9.77. The summed E-state index contributed by atoms with van der Waals surface area (Å²) in [5, 5.41) is 11.4. The molecule has 0 aromatic carbocycles. The second-order valence-corrected chi connectivity index (χ2v) is 7.31. The Hall–Kier alpha value is -1.88. The van der Waals surface area contributed by atoms with E-state index in [1.807, 2.05) is 6.08 Å². The SMILES string of the molecule is CC(C)=CCCC(C)=CCN1C[C@@]23C=C[C@H](O2)[C@@H](C(=O)[O-])[C@@H]3C1=O. The van der Waals surface area contributed by atoms with Gasteiger partial charge in [-0.15, -0.1) is 0 Å². The van der Waals surface area contributed by atoms with E-state index >= 15 is 0 Å². The van der Waals surface area contributed by atoms with E-state index < -0.39 is 29.5 Å². The van der Waals surface area contributed by atoms with Crippen molar-refractivity contribution in [1.82, 2.24) is 4.90 Å². The second-order valence-electron chi connectivity index (χ2n) is 7.31. The summed E-state index contributed by atoms with van der Waals surface area (Å²) in [5.41, 5.74) is 1.76. The molecular formula is C19H24NO4-. The molecule has 0 aliphatic carbocycles. The van der Waals surface area contributed by atoms with E-state index in [2.05, 4.69) is 32.9 Å². The Morgan fingerprint density at radius 3 is 2.83 bits per heavy atom. The Morgan fingerprint density at radius 1 is 1.42 bits per heavy atom. The number of fused-ring (bicyclic) bond motifs is 1. The summed E-state index contributed by atoms with van der Waals surface area (Å²) >= 11 is 0. The third kappa shape index (κ3) is 2.81. The van der Waals surface area contributed by atoms with Gasteiger partial charge in [0, 0.05) is 18.4 Å². The molecule has 24 heavy (non-hydrogen) atoms. The maximum atomic E-state index is 12.7. The third-order valence-electron chi connectivity index (χ3n) is 5.20. The number of amides is 1. The molecule has 4 atom stereocenters. The van der Waals surface area contributed by atoms with Crippen LogP contribution in [0.4, 0.5) is 0 Å². The summed E-state index contributed by atoms with van der Waals surface area (Å²) in [7, 11) is 0. The van der Waals surface area contributed by atoms with Crippen LogP contribution in [0, 0.1) is 11.8 Å². The molecule has 3 rings (SSSR count). The van der Waals surface area contributed by atoms with Crippen molar-refractivity contribution in [2.24, 2.45) is 11.8 Å². The average Bonchev–Trinajstić information content (AvgIpc) is 3.13. The lowest BCUT2D eigenvalue weighted by molar-refractivity contribution is -0.313. The van der Waals surface area contributed by atoms with Crippen LogP contribution in [0.5, 0.6) is 0 Å². The maximum Gasteiger partial charge on any atom is 0.230 e. The summed E-state index contributed by atoms with van der Waals surface area (Å²) in [6.45, 7) is 7.14. The Balaban J connectivity index is 1.66. The van der Waals surface area contributed by atoms with Crippen LogP contribution in [0.2, 0.25) is 0 Å². The molecule has 0 unspecified atom stereocenters. The Labute approximate surface area is 142 Å². The number of carbonyl (C=O) groups is 2.